The molecule has 8 nitrogen and oxygen atoms in total. The van der Waals surface area contributed by atoms with Gasteiger partial charge in [-0.2, -0.15) is 0 Å². The van der Waals surface area contributed by atoms with Crippen molar-refractivity contribution in [3.8, 4) is 5.75 Å². The number of carbonyl (C=O) groups is 2. The molecule has 154 valence electrons. The molecule has 2 aromatic carbocycles. The van der Waals surface area contributed by atoms with Crippen molar-refractivity contribution in [3.05, 3.63) is 53.6 Å². The Hall–Kier alpha value is -2.91. The lowest BCUT2D eigenvalue weighted by Crippen LogP contribution is -2.50. The van der Waals surface area contributed by atoms with Crippen LogP contribution in [0.3, 0.4) is 0 Å². The molecule has 3 N–H and O–H groups in total. The first kappa shape index (κ1) is 20.8. The highest BCUT2D eigenvalue weighted by atomic mass is 32.2. The predicted molar refractivity (Wildman–Crippen MR) is 108 cm³/mol. The molecule has 1 atom stereocenters. The average Bonchev–Trinajstić information content (AvgIpc) is 2.70. The normalized spacial score (nSPS) is 16.0. The first-order chi connectivity index (χ1) is 13.7. The van der Waals surface area contributed by atoms with Crippen LogP contribution in [-0.4, -0.2) is 39.4 Å². The zero-order chi connectivity index (χ0) is 21.2. The van der Waals surface area contributed by atoms with Crippen LogP contribution in [0.4, 0.5) is 5.69 Å². The van der Waals surface area contributed by atoms with E-state index in [0.29, 0.717) is 23.5 Å². The first-order valence-corrected chi connectivity index (χ1v) is 10.8. The molecular weight excluding hydrogens is 394 g/mol. The number of para-hydroxylation sites is 2. The number of hydrogen-bond acceptors (Lipinski definition) is 5. The zero-order valence-electron chi connectivity index (χ0n) is 16.2. The SMILES string of the molecule is CCCNC(=O)[C@@H]1CN(C(=O)c2ccc(C)c(S(N)(=O)=O)c2)c2ccccc2O1. The number of ether oxygens (including phenoxy) is 1. The highest BCUT2D eigenvalue weighted by molar-refractivity contribution is 7.89. The van der Waals surface area contributed by atoms with Gasteiger partial charge >= 0.3 is 0 Å². The Labute approximate surface area is 169 Å². The van der Waals surface area contributed by atoms with E-state index in [0.717, 1.165) is 6.42 Å². The molecule has 1 heterocycles. The minimum Gasteiger partial charge on any atom is -0.477 e. The number of sulfonamides is 1. The number of anilines is 1. The van der Waals surface area contributed by atoms with Crippen LogP contribution in [-0.2, 0) is 14.8 Å². The van der Waals surface area contributed by atoms with Crippen molar-refractivity contribution >= 4 is 27.5 Å². The largest absolute Gasteiger partial charge is 0.477 e. The molecule has 0 radical (unpaired) electrons. The van der Waals surface area contributed by atoms with Gasteiger partial charge in [-0.05, 0) is 43.2 Å². The summed E-state index contributed by atoms with van der Waals surface area (Å²) in [6, 6.07) is 11.2. The summed E-state index contributed by atoms with van der Waals surface area (Å²) in [6.07, 6.45) is -0.0965. The van der Waals surface area contributed by atoms with Crippen LogP contribution in [0.2, 0.25) is 0 Å². The smallest absolute Gasteiger partial charge is 0.262 e. The summed E-state index contributed by atoms with van der Waals surface area (Å²) in [7, 11) is -3.97. The second-order valence-electron chi connectivity index (χ2n) is 6.81. The number of fused-ring (bicyclic) bond motifs is 1. The second-order valence-corrected chi connectivity index (χ2v) is 8.34. The van der Waals surface area contributed by atoms with Crippen molar-refractivity contribution in [1.29, 1.82) is 0 Å². The van der Waals surface area contributed by atoms with E-state index in [9.17, 15) is 18.0 Å². The number of benzene rings is 2. The summed E-state index contributed by atoms with van der Waals surface area (Å²) in [5, 5.41) is 8.04. The Morgan fingerprint density at radius 1 is 1.24 bits per heavy atom. The van der Waals surface area contributed by atoms with Gasteiger partial charge in [0, 0.05) is 12.1 Å². The third-order valence-corrected chi connectivity index (χ3v) is 5.65. The number of primary sulfonamides is 1. The molecule has 0 aromatic heterocycles. The van der Waals surface area contributed by atoms with Gasteiger partial charge in [0.25, 0.3) is 11.8 Å². The van der Waals surface area contributed by atoms with Crippen LogP contribution < -0.4 is 20.1 Å². The molecule has 3 rings (SSSR count). The Morgan fingerprint density at radius 3 is 2.66 bits per heavy atom. The fourth-order valence-electron chi connectivity index (χ4n) is 3.12. The number of aryl methyl sites for hydroxylation is 1. The van der Waals surface area contributed by atoms with Crippen molar-refractivity contribution in [3.63, 3.8) is 0 Å². The van der Waals surface area contributed by atoms with E-state index >= 15 is 0 Å². The number of carbonyl (C=O) groups excluding carboxylic acids is 2. The number of nitrogens with zero attached hydrogens (tertiary/aromatic N) is 1. The molecule has 0 aliphatic carbocycles. The lowest BCUT2D eigenvalue weighted by molar-refractivity contribution is -0.127. The molecule has 0 saturated carbocycles. The highest BCUT2D eigenvalue weighted by Gasteiger charge is 2.34. The number of nitrogens with two attached hydrogens (primary N) is 1. The van der Waals surface area contributed by atoms with Crippen molar-refractivity contribution in [2.75, 3.05) is 18.0 Å². The fourth-order valence-corrected chi connectivity index (χ4v) is 3.93. The second kappa shape index (κ2) is 8.22. The first-order valence-electron chi connectivity index (χ1n) is 9.21. The molecule has 9 heteroatoms. The number of nitrogens with one attached hydrogen (secondary N) is 1. The maximum Gasteiger partial charge on any atom is 0.262 e. The molecule has 0 bridgehead atoms. The molecular formula is C20H23N3O5S. The van der Waals surface area contributed by atoms with E-state index in [1.807, 2.05) is 6.92 Å². The Balaban J connectivity index is 1.98. The van der Waals surface area contributed by atoms with Crippen LogP contribution in [0, 0.1) is 6.92 Å². The van der Waals surface area contributed by atoms with Crippen LogP contribution in [0.15, 0.2) is 47.4 Å². The zero-order valence-corrected chi connectivity index (χ0v) is 17.0. The maximum absolute atomic E-state index is 13.2. The monoisotopic (exact) mass is 417 g/mol. The van der Waals surface area contributed by atoms with Crippen molar-refractivity contribution in [2.45, 2.75) is 31.3 Å². The Bertz CT molecular complexity index is 1050. The quantitative estimate of drug-likeness (QED) is 0.766. The number of hydrogen-bond donors (Lipinski definition) is 2. The lowest BCUT2D eigenvalue weighted by atomic mass is 10.1. The molecule has 0 saturated heterocycles. The molecule has 0 unspecified atom stereocenters. The van der Waals surface area contributed by atoms with Gasteiger partial charge in [0.1, 0.15) is 5.75 Å². The molecule has 0 spiro atoms. The van der Waals surface area contributed by atoms with Crippen LogP contribution >= 0.6 is 0 Å². The van der Waals surface area contributed by atoms with E-state index in [-0.39, 0.29) is 22.9 Å². The van der Waals surface area contributed by atoms with E-state index in [1.54, 1.807) is 31.2 Å². The Kier molecular flexibility index (Phi) is 5.90. The summed E-state index contributed by atoms with van der Waals surface area (Å²) in [4.78, 5) is 27.0. The van der Waals surface area contributed by atoms with Gasteiger partial charge in [-0.15, -0.1) is 0 Å². The van der Waals surface area contributed by atoms with Gasteiger partial charge in [0.15, 0.2) is 6.10 Å². The van der Waals surface area contributed by atoms with Gasteiger partial charge in [-0.25, -0.2) is 13.6 Å². The standard InChI is InChI=1S/C20H23N3O5S/c1-3-10-22-19(24)17-12-23(15-6-4-5-7-16(15)28-17)20(25)14-9-8-13(2)18(11-14)29(21,26)27/h4-9,11,17H,3,10,12H2,1-2H3,(H,22,24)(H2,21,26,27)/t17-/m0/s1. The summed E-state index contributed by atoms with van der Waals surface area (Å²) < 4.78 is 29.4. The van der Waals surface area contributed by atoms with Gasteiger partial charge in [-0.3, -0.25) is 9.59 Å². The number of rotatable bonds is 5. The molecule has 1 aliphatic heterocycles. The van der Waals surface area contributed by atoms with Crippen LogP contribution in [0.1, 0.15) is 29.3 Å². The van der Waals surface area contributed by atoms with Crippen molar-refractivity contribution in [2.24, 2.45) is 5.14 Å². The van der Waals surface area contributed by atoms with E-state index in [1.165, 1.54) is 23.1 Å². The Morgan fingerprint density at radius 2 is 1.97 bits per heavy atom. The molecule has 1 aliphatic rings. The van der Waals surface area contributed by atoms with E-state index < -0.39 is 22.0 Å². The van der Waals surface area contributed by atoms with Crippen molar-refractivity contribution in [1.82, 2.24) is 5.32 Å². The maximum atomic E-state index is 13.2. The van der Waals surface area contributed by atoms with Gasteiger partial charge in [-0.1, -0.05) is 25.1 Å². The molecule has 0 fully saturated rings. The summed E-state index contributed by atoms with van der Waals surface area (Å²) in [5.74, 6) is -0.352. The third-order valence-electron chi connectivity index (χ3n) is 4.60. The molecule has 29 heavy (non-hydrogen) atoms. The van der Waals surface area contributed by atoms with Crippen molar-refractivity contribution < 1.29 is 22.7 Å². The molecule has 2 amide bonds. The average molecular weight is 417 g/mol. The third kappa shape index (κ3) is 4.41. The van der Waals surface area contributed by atoms with Gasteiger partial charge in [0.05, 0.1) is 17.1 Å². The van der Waals surface area contributed by atoms with Gasteiger partial charge < -0.3 is 15.0 Å². The summed E-state index contributed by atoms with van der Waals surface area (Å²) >= 11 is 0. The summed E-state index contributed by atoms with van der Waals surface area (Å²) in [6.45, 7) is 4.05. The highest BCUT2D eigenvalue weighted by Crippen LogP contribution is 2.34. The minimum atomic E-state index is -3.97. The topological polar surface area (TPSA) is 119 Å². The van der Waals surface area contributed by atoms with E-state index in [4.69, 9.17) is 9.88 Å². The fraction of sp³-hybridized carbons (Fsp3) is 0.300. The lowest BCUT2D eigenvalue weighted by Gasteiger charge is -2.34. The predicted octanol–water partition coefficient (Wildman–Crippen LogP) is 1.58. The van der Waals surface area contributed by atoms with Crippen LogP contribution in [0.5, 0.6) is 5.75 Å². The van der Waals surface area contributed by atoms with E-state index in [2.05, 4.69) is 5.32 Å². The summed E-state index contributed by atoms with van der Waals surface area (Å²) in [5.41, 5.74) is 1.11. The van der Waals surface area contributed by atoms with Crippen LogP contribution in [0.25, 0.3) is 0 Å². The van der Waals surface area contributed by atoms with Gasteiger partial charge in [0.2, 0.25) is 10.0 Å². The molecule has 2 aromatic rings. The minimum absolute atomic E-state index is 0.00395. The number of amides is 2.